The number of aromatic nitrogens is 3. The van der Waals surface area contributed by atoms with E-state index in [1.54, 1.807) is 12.4 Å². The number of nitrogens with one attached hydrogen (secondary N) is 1. The first-order chi connectivity index (χ1) is 16.1. The maximum atomic E-state index is 13.2. The van der Waals surface area contributed by atoms with Gasteiger partial charge in [0.2, 0.25) is 5.91 Å². The molecule has 2 atom stereocenters. The highest BCUT2D eigenvalue weighted by atomic mass is 16.5. The number of amides is 2. The minimum atomic E-state index is -0.457. The summed E-state index contributed by atoms with van der Waals surface area (Å²) in [5.74, 6) is 0.812. The Hall–Kier alpha value is -3.46. The predicted molar refractivity (Wildman–Crippen MR) is 124 cm³/mol. The summed E-state index contributed by atoms with van der Waals surface area (Å²) >= 11 is 0. The highest BCUT2D eigenvalue weighted by Gasteiger charge is 2.32. The molecular weight excluding hydrogens is 420 g/mol. The average Bonchev–Trinajstić information content (AvgIpc) is 3.53. The Bertz CT molecular complexity index is 1130. The summed E-state index contributed by atoms with van der Waals surface area (Å²) in [6, 6.07) is 9.43. The second-order valence-corrected chi connectivity index (χ2v) is 8.50. The first kappa shape index (κ1) is 21.4. The van der Waals surface area contributed by atoms with Gasteiger partial charge < -0.3 is 19.9 Å². The number of anilines is 1. The van der Waals surface area contributed by atoms with Crippen molar-refractivity contribution in [2.45, 2.75) is 31.9 Å². The van der Waals surface area contributed by atoms with Crippen LogP contribution in [0.25, 0.3) is 16.9 Å². The first-order valence-corrected chi connectivity index (χ1v) is 11.4. The quantitative estimate of drug-likeness (QED) is 0.642. The highest BCUT2D eigenvalue weighted by molar-refractivity contribution is 5.87. The van der Waals surface area contributed by atoms with E-state index in [-0.39, 0.29) is 17.9 Å². The average molecular weight is 449 g/mol. The second-order valence-electron chi connectivity index (χ2n) is 8.50. The zero-order chi connectivity index (χ0) is 22.8. The van der Waals surface area contributed by atoms with Gasteiger partial charge in [0.25, 0.3) is 5.91 Å². The summed E-state index contributed by atoms with van der Waals surface area (Å²) in [5, 5.41) is 3.39. The third-order valence-electron chi connectivity index (χ3n) is 6.31. The lowest BCUT2D eigenvalue weighted by Gasteiger charge is -2.37. The van der Waals surface area contributed by atoms with Crippen molar-refractivity contribution >= 4 is 23.3 Å². The molecule has 5 rings (SSSR count). The number of rotatable bonds is 5. The largest absolute Gasteiger partial charge is 0.368 e. The molecule has 0 radical (unpaired) electrons. The van der Waals surface area contributed by atoms with Gasteiger partial charge in [-0.15, -0.1) is 0 Å². The van der Waals surface area contributed by atoms with E-state index in [1.165, 1.54) is 0 Å². The summed E-state index contributed by atoms with van der Waals surface area (Å²) in [7, 11) is 0. The van der Waals surface area contributed by atoms with Gasteiger partial charge in [0, 0.05) is 50.7 Å². The predicted octanol–water partition coefficient (Wildman–Crippen LogP) is 2.05. The molecule has 33 heavy (non-hydrogen) atoms. The number of imidazole rings is 1. The number of ether oxygens (including phenoxy) is 1. The van der Waals surface area contributed by atoms with Crippen LogP contribution in [0, 0.1) is 0 Å². The number of carbonyl (C=O) groups is 2. The van der Waals surface area contributed by atoms with E-state index in [2.05, 4.69) is 10.3 Å². The molecule has 4 heterocycles. The fraction of sp³-hybridized carbons (Fsp3) is 0.417. The molecule has 2 saturated heterocycles. The molecule has 0 bridgehead atoms. The third-order valence-corrected chi connectivity index (χ3v) is 6.31. The van der Waals surface area contributed by atoms with E-state index in [9.17, 15) is 9.59 Å². The topological polar surface area (TPSA) is 92.1 Å². The molecule has 2 aromatic heterocycles. The van der Waals surface area contributed by atoms with Crippen LogP contribution < -0.4 is 5.32 Å². The van der Waals surface area contributed by atoms with Crippen LogP contribution >= 0.6 is 0 Å². The maximum Gasteiger partial charge on any atom is 0.251 e. The van der Waals surface area contributed by atoms with Crippen molar-refractivity contribution < 1.29 is 14.3 Å². The van der Waals surface area contributed by atoms with Gasteiger partial charge in [-0.25, -0.2) is 4.98 Å². The van der Waals surface area contributed by atoms with E-state index in [0.717, 1.165) is 29.9 Å². The van der Waals surface area contributed by atoms with Crippen molar-refractivity contribution in [1.29, 1.82) is 0 Å². The minimum absolute atomic E-state index is 0.00207. The van der Waals surface area contributed by atoms with Crippen molar-refractivity contribution in [3.8, 4) is 11.3 Å². The Morgan fingerprint density at radius 2 is 1.88 bits per heavy atom. The summed E-state index contributed by atoms with van der Waals surface area (Å²) in [6.45, 7) is 4.63. The van der Waals surface area contributed by atoms with Crippen LogP contribution in [0.2, 0.25) is 0 Å². The standard InChI is InChI=1S/C24H28N6O3/c1-17(23(31)28-11-13-29(14-12-28)24(32)19-8-5-15-33-19)26-22-21(18-6-3-2-4-7-18)27-20-16-25-9-10-30(20)22/h2-4,6-7,9-10,16-17,19,26H,5,8,11-15H2,1H3. The van der Waals surface area contributed by atoms with Gasteiger partial charge in [0.1, 0.15) is 23.7 Å². The molecule has 2 aliphatic rings. The minimum Gasteiger partial charge on any atom is -0.368 e. The Balaban J connectivity index is 1.29. The van der Waals surface area contributed by atoms with Gasteiger partial charge in [0.05, 0.1) is 6.20 Å². The normalized spacial score (nSPS) is 19.6. The number of hydrogen-bond donors (Lipinski definition) is 1. The number of fused-ring (bicyclic) bond motifs is 1. The van der Waals surface area contributed by atoms with E-state index in [4.69, 9.17) is 9.72 Å². The molecule has 3 aromatic rings. The summed E-state index contributed by atoms with van der Waals surface area (Å²) < 4.78 is 7.44. The lowest BCUT2D eigenvalue weighted by atomic mass is 10.1. The zero-order valence-electron chi connectivity index (χ0n) is 18.7. The number of piperazine rings is 1. The third kappa shape index (κ3) is 4.28. The first-order valence-electron chi connectivity index (χ1n) is 11.4. The lowest BCUT2D eigenvalue weighted by Crippen LogP contribution is -2.55. The number of nitrogens with zero attached hydrogens (tertiary/aromatic N) is 5. The fourth-order valence-corrected chi connectivity index (χ4v) is 4.51. The van der Waals surface area contributed by atoms with Crippen LogP contribution in [-0.4, -0.2) is 80.9 Å². The molecule has 172 valence electrons. The van der Waals surface area contributed by atoms with Gasteiger partial charge in [-0.05, 0) is 19.8 Å². The number of carbonyl (C=O) groups excluding carboxylic acids is 2. The molecule has 2 amide bonds. The fourth-order valence-electron chi connectivity index (χ4n) is 4.51. The molecular formula is C24H28N6O3. The highest BCUT2D eigenvalue weighted by Crippen LogP contribution is 2.29. The van der Waals surface area contributed by atoms with Crippen LogP contribution in [0.5, 0.6) is 0 Å². The SMILES string of the molecule is CC(Nc1c(-c2ccccc2)nc2cnccn12)C(=O)N1CCN(C(=O)C2CCCO2)CC1. The molecule has 2 unspecified atom stereocenters. The molecule has 9 nitrogen and oxygen atoms in total. The van der Waals surface area contributed by atoms with Crippen LogP contribution in [0.3, 0.4) is 0 Å². The Morgan fingerprint density at radius 3 is 2.61 bits per heavy atom. The molecule has 1 N–H and O–H groups in total. The summed E-state index contributed by atoms with van der Waals surface area (Å²) in [5.41, 5.74) is 2.44. The Morgan fingerprint density at radius 1 is 1.12 bits per heavy atom. The monoisotopic (exact) mass is 448 g/mol. The van der Waals surface area contributed by atoms with Crippen molar-refractivity contribution in [2.75, 3.05) is 38.1 Å². The van der Waals surface area contributed by atoms with E-state index in [0.29, 0.717) is 38.4 Å². The molecule has 1 aromatic carbocycles. The molecule has 9 heteroatoms. The van der Waals surface area contributed by atoms with Crippen LogP contribution in [0.4, 0.5) is 5.82 Å². The molecule has 0 saturated carbocycles. The molecule has 2 fully saturated rings. The van der Waals surface area contributed by atoms with Crippen molar-refractivity contribution in [3.63, 3.8) is 0 Å². The van der Waals surface area contributed by atoms with Crippen molar-refractivity contribution in [1.82, 2.24) is 24.2 Å². The van der Waals surface area contributed by atoms with Crippen LogP contribution in [0.1, 0.15) is 19.8 Å². The second kappa shape index (κ2) is 9.19. The smallest absolute Gasteiger partial charge is 0.251 e. The van der Waals surface area contributed by atoms with Crippen molar-refractivity contribution in [3.05, 3.63) is 48.9 Å². The number of hydrogen-bond acceptors (Lipinski definition) is 6. The molecule has 0 aliphatic carbocycles. The molecule has 0 spiro atoms. The summed E-state index contributed by atoms with van der Waals surface area (Å²) in [4.78, 5) is 38.4. The van der Waals surface area contributed by atoms with Crippen molar-refractivity contribution in [2.24, 2.45) is 0 Å². The summed E-state index contributed by atoms with van der Waals surface area (Å²) in [6.07, 6.45) is 6.65. The molecule has 2 aliphatic heterocycles. The zero-order valence-corrected chi connectivity index (χ0v) is 18.7. The Labute approximate surface area is 192 Å². The number of benzene rings is 1. The van der Waals surface area contributed by atoms with E-state index >= 15 is 0 Å². The van der Waals surface area contributed by atoms with E-state index < -0.39 is 6.04 Å². The van der Waals surface area contributed by atoms with Gasteiger partial charge in [0.15, 0.2) is 5.65 Å². The van der Waals surface area contributed by atoms with E-state index in [1.807, 2.05) is 57.7 Å². The Kier molecular flexibility index (Phi) is 5.95. The lowest BCUT2D eigenvalue weighted by molar-refractivity contribution is -0.146. The van der Waals surface area contributed by atoms with Crippen LogP contribution in [-0.2, 0) is 14.3 Å². The van der Waals surface area contributed by atoms with Gasteiger partial charge in [-0.2, -0.15) is 0 Å². The van der Waals surface area contributed by atoms with Gasteiger partial charge >= 0.3 is 0 Å². The maximum absolute atomic E-state index is 13.2. The van der Waals surface area contributed by atoms with Gasteiger partial charge in [-0.3, -0.25) is 19.0 Å². The van der Waals surface area contributed by atoms with Gasteiger partial charge in [-0.1, -0.05) is 30.3 Å². The van der Waals surface area contributed by atoms with Crippen LogP contribution in [0.15, 0.2) is 48.9 Å².